The quantitative estimate of drug-likeness (QED) is 0.852. The number of nitrogens with one attached hydrogen (secondary N) is 1. The fraction of sp³-hybridized carbons (Fsp3) is 0.588. The number of hydrogen-bond donors (Lipinski definition) is 1. The van der Waals surface area contributed by atoms with Crippen LogP contribution in [-0.4, -0.2) is 43.5 Å². The number of hydrogen-bond acceptors (Lipinski definition) is 4. The van der Waals surface area contributed by atoms with Gasteiger partial charge in [-0.3, -0.25) is 19.1 Å². The van der Waals surface area contributed by atoms with Crippen LogP contribution in [0.15, 0.2) is 6.07 Å². The molecule has 0 spiro atoms. The van der Waals surface area contributed by atoms with Crippen LogP contribution >= 0.6 is 11.6 Å². The van der Waals surface area contributed by atoms with Gasteiger partial charge in [0, 0.05) is 20.1 Å². The van der Waals surface area contributed by atoms with Crippen LogP contribution in [0.1, 0.15) is 47.3 Å². The molecule has 2 aromatic heterocycles. The third kappa shape index (κ3) is 3.88. The monoisotopic (exact) mass is 364 g/mol. The number of aromatic nitrogens is 4. The molecule has 1 N–H and O–H groups in total. The Kier molecular flexibility index (Phi) is 5.44. The van der Waals surface area contributed by atoms with Gasteiger partial charge in [-0.1, -0.05) is 24.9 Å². The van der Waals surface area contributed by atoms with Crippen molar-refractivity contribution in [3.05, 3.63) is 33.9 Å². The Balaban J connectivity index is 1.60. The Bertz CT molecular complexity index is 766. The highest BCUT2D eigenvalue weighted by molar-refractivity contribution is 6.34. The van der Waals surface area contributed by atoms with Crippen LogP contribution in [0.25, 0.3) is 0 Å². The summed E-state index contributed by atoms with van der Waals surface area (Å²) < 4.78 is 3.65. The van der Waals surface area contributed by atoms with Gasteiger partial charge in [-0.15, -0.1) is 0 Å². The van der Waals surface area contributed by atoms with E-state index in [0.717, 1.165) is 37.6 Å². The molecular weight excluding hydrogens is 340 g/mol. The van der Waals surface area contributed by atoms with Crippen molar-refractivity contribution in [2.45, 2.75) is 46.3 Å². The first-order chi connectivity index (χ1) is 12.0. The fourth-order valence-electron chi connectivity index (χ4n) is 3.02. The van der Waals surface area contributed by atoms with Crippen LogP contribution in [0.2, 0.25) is 5.02 Å². The van der Waals surface area contributed by atoms with Crippen LogP contribution in [0, 0.1) is 6.92 Å². The number of nitrogens with zero attached hydrogens (tertiary/aromatic N) is 5. The van der Waals surface area contributed by atoms with Crippen molar-refractivity contribution in [3.63, 3.8) is 0 Å². The summed E-state index contributed by atoms with van der Waals surface area (Å²) in [5, 5.41) is 12.0. The van der Waals surface area contributed by atoms with Crippen molar-refractivity contribution >= 4 is 17.5 Å². The summed E-state index contributed by atoms with van der Waals surface area (Å²) in [4.78, 5) is 14.8. The van der Waals surface area contributed by atoms with Gasteiger partial charge in [0.15, 0.2) is 5.69 Å². The molecule has 0 bridgehead atoms. The number of fused-ring (bicyclic) bond motifs is 1. The van der Waals surface area contributed by atoms with E-state index in [1.54, 1.807) is 11.7 Å². The number of aryl methyl sites for hydroxylation is 1. The minimum absolute atomic E-state index is 0.261. The van der Waals surface area contributed by atoms with Gasteiger partial charge in [0.05, 0.1) is 35.2 Å². The maximum Gasteiger partial charge on any atom is 0.273 e. The molecular formula is C17H25ClN6O. The summed E-state index contributed by atoms with van der Waals surface area (Å²) in [7, 11) is 1.77. The van der Waals surface area contributed by atoms with Crippen molar-refractivity contribution in [2.75, 3.05) is 13.1 Å². The number of rotatable bonds is 6. The standard InChI is InChI=1S/C17H25ClN6O/c1-4-5-6-23-7-8-24-14(11-23)9-13(20-24)10-19-17(25)16-15(18)12(2)22(3)21-16/h9H,4-8,10-11H2,1-3H3,(H,19,25). The molecule has 1 aliphatic heterocycles. The van der Waals surface area contributed by atoms with Crippen LogP contribution in [0.5, 0.6) is 0 Å². The highest BCUT2D eigenvalue weighted by Gasteiger charge is 2.20. The highest BCUT2D eigenvalue weighted by Crippen LogP contribution is 2.19. The first-order valence-corrected chi connectivity index (χ1v) is 9.12. The lowest BCUT2D eigenvalue weighted by Gasteiger charge is -2.27. The van der Waals surface area contributed by atoms with E-state index in [4.69, 9.17) is 11.6 Å². The lowest BCUT2D eigenvalue weighted by atomic mass is 10.2. The topological polar surface area (TPSA) is 68.0 Å². The van der Waals surface area contributed by atoms with Gasteiger partial charge < -0.3 is 5.32 Å². The van der Waals surface area contributed by atoms with Gasteiger partial charge in [-0.2, -0.15) is 10.2 Å². The molecule has 0 saturated carbocycles. The van der Waals surface area contributed by atoms with E-state index < -0.39 is 0 Å². The van der Waals surface area contributed by atoms with E-state index in [2.05, 4.69) is 33.4 Å². The highest BCUT2D eigenvalue weighted by atomic mass is 35.5. The van der Waals surface area contributed by atoms with Gasteiger partial charge >= 0.3 is 0 Å². The van der Waals surface area contributed by atoms with Crippen molar-refractivity contribution in [2.24, 2.45) is 7.05 Å². The molecule has 7 nitrogen and oxygen atoms in total. The summed E-state index contributed by atoms with van der Waals surface area (Å²) in [6.45, 7) is 8.41. The number of carbonyl (C=O) groups excluding carboxylic acids is 1. The molecule has 8 heteroatoms. The van der Waals surface area contributed by atoms with Gasteiger partial charge in [0.25, 0.3) is 5.91 Å². The number of carbonyl (C=O) groups is 1. The molecule has 0 aliphatic carbocycles. The smallest absolute Gasteiger partial charge is 0.273 e. The van der Waals surface area contributed by atoms with E-state index in [1.807, 2.05) is 11.6 Å². The SMILES string of the molecule is CCCCN1CCn2nc(CNC(=O)c3nn(C)c(C)c3Cl)cc2C1. The molecule has 0 atom stereocenters. The summed E-state index contributed by atoms with van der Waals surface area (Å²) >= 11 is 6.16. The van der Waals surface area contributed by atoms with Gasteiger partial charge in [-0.25, -0.2) is 0 Å². The predicted octanol–water partition coefficient (Wildman–Crippen LogP) is 2.12. The van der Waals surface area contributed by atoms with Crippen molar-refractivity contribution in [1.82, 2.24) is 29.8 Å². The second kappa shape index (κ2) is 7.58. The Hall–Kier alpha value is -1.86. The largest absolute Gasteiger partial charge is 0.345 e. The molecule has 0 aromatic carbocycles. The minimum Gasteiger partial charge on any atom is -0.345 e. The molecule has 1 aliphatic rings. The normalized spacial score (nSPS) is 14.6. The van der Waals surface area contributed by atoms with E-state index in [9.17, 15) is 4.79 Å². The average molecular weight is 365 g/mol. The summed E-state index contributed by atoms with van der Waals surface area (Å²) in [6, 6.07) is 2.07. The Morgan fingerprint density at radius 3 is 2.84 bits per heavy atom. The number of amides is 1. The van der Waals surface area contributed by atoms with Crippen LogP contribution in [0.3, 0.4) is 0 Å². The first-order valence-electron chi connectivity index (χ1n) is 8.74. The third-order valence-electron chi connectivity index (χ3n) is 4.66. The summed E-state index contributed by atoms with van der Waals surface area (Å²) in [6.07, 6.45) is 2.43. The Labute approximate surface area is 152 Å². The van der Waals surface area contributed by atoms with Crippen molar-refractivity contribution in [3.8, 4) is 0 Å². The third-order valence-corrected chi connectivity index (χ3v) is 5.11. The Morgan fingerprint density at radius 1 is 1.36 bits per heavy atom. The molecule has 0 radical (unpaired) electrons. The molecule has 3 rings (SSSR count). The van der Waals surface area contributed by atoms with Gasteiger partial charge in [0.2, 0.25) is 0 Å². The van der Waals surface area contributed by atoms with E-state index in [-0.39, 0.29) is 11.6 Å². The average Bonchev–Trinajstić information content (AvgIpc) is 3.13. The van der Waals surface area contributed by atoms with E-state index >= 15 is 0 Å². The molecule has 1 amide bonds. The van der Waals surface area contributed by atoms with Crippen LogP contribution < -0.4 is 5.32 Å². The molecule has 3 heterocycles. The second-order valence-corrected chi connectivity index (χ2v) is 6.91. The van der Waals surface area contributed by atoms with Crippen molar-refractivity contribution in [1.29, 1.82) is 0 Å². The molecule has 2 aromatic rings. The molecule has 136 valence electrons. The fourth-order valence-corrected chi connectivity index (χ4v) is 3.27. The molecule has 0 fully saturated rings. The van der Waals surface area contributed by atoms with Crippen molar-refractivity contribution < 1.29 is 4.79 Å². The summed E-state index contributed by atoms with van der Waals surface area (Å²) in [5.74, 6) is -0.274. The zero-order valence-corrected chi connectivity index (χ0v) is 15.8. The minimum atomic E-state index is -0.274. The van der Waals surface area contributed by atoms with E-state index in [1.165, 1.54) is 18.5 Å². The van der Waals surface area contributed by atoms with Crippen LogP contribution in [-0.2, 0) is 26.7 Å². The second-order valence-electron chi connectivity index (χ2n) is 6.53. The predicted molar refractivity (Wildman–Crippen MR) is 96.5 cm³/mol. The van der Waals surface area contributed by atoms with E-state index in [0.29, 0.717) is 11.6 Å². The number of unbranched alkanes of at least 4 members (excludes halogenated alkanes) is 1. The Morgan fingerprint density at radius 2 is 2.16 bits per heavy atom. The zero-order chi connectivity index (χ0) is 18.0. The zero-order valence-electron chi connectivity index (χ0n) is 15.0. The van der Waals surface area contributed by atoms with Gasteiger partial charge in [-0.05, 0) is 26.0 Å². The van der Waals surface area contributed by atoms with Crippen LogP contribution in [0.4, 0.5) is 0 Å². The molecule has 25 heavy (non-hydrogen) atoms. The summed E-state index contributed by atoms with van der Waals surface area (Å²) in [5.41, 5.74) is 3.11. The number of halogens is 1. The lowest BCUT2D eigenvalue weighted by molar-refractivity contribution is 0.0944. The molecule has 0 unspecified atom stereocenters. The first kappa shape index (κ1) is 17.9. The lowest BCUT2D eigenvalue weighted by Crippen LogP contribution is -2.34. The maximum atomic E-state index is 12.3. The maximum absolute atomic E-state index is 12.3. The van der Waals surface area contributed by atoms with Gasteiger partial charge in [0.1, 0.15) is 0 Å². The molecule has 0 saturated heterocycles.